The van der Waals surface area contributed by atoms with Crippen LogP contribution in [-0.2, 0) is 16.0 Å². The van der Waals surface area contributed by atoms with Gasteiger partial charge in [0.2, 0.25) is 0 Å². The number of nitrogens with one attached hydrogen (secondary N) is 1. The number of ether oxygens (including phenoxy) is 1. The molecule has 0 radical (unpaired) electrons. The van der Waals surface area contributed by atoms with Crippen molar-refractivity contribution in [2.45, 2.75) is 26.7 Å². The highest BCUT2D eigenvalue weighted by atomic mass is 19.1. The third-order valence-corrected chi connectivity index (χ3v) is 3.06. The van der Waals surface area contributed by atoms with Crippen molar-refractivity contribution in [1.82, 2.24) is 10.3 Å². The summed E-state index contributed by atoms with van der Waals surface area (Å²) in [6.45, 7) is 3.58. The standard InChI is InChI=1S/C15H16FN3O4/c1-3-22-13(20)7-6-12-14(19-23-18-12)15(21)17-10-4-5-11(16)9(2)8-10/h4-5,8H,3,6-7H2,1-2H3,(H,17,21). The first kappa shape index (κ1) is 16.6. The second kappa shape index (κ2) is 7.48. The molecule has 0 aliphatic rings. The highest BCUT2D eigenvalue weighted by Crippen LogP contribution is 2.15. The Bertz CT molecular complexity index is 714. The van der Waals surface area contributed by atoms with Crippen LogP contribution in [0.1, 0.15) is 35.1 Å². The van der Waals surface area contributed by atoms with Crippen LogP contribution < -0.4 is 5.32 Å². The van der Waals surface area contributed by atoms with E-state index in [0.29, 0.717) is 11.3 Å². The molecule has 122 valence electrons. The summed E-state index contributed by atoms with van der Waals surface area (Å²) in [4.78, 5) is 23.5. The van der Waals surface area contributed by atoms with Crippen LogP contribution in [0, 0.1) is 12.7 Å². The monoisotopic (exact) mass is 321 g/mol. The number of rotatable bonds is 6. The third kappa shape index (κ3) is 4.35. The van der Waals surface area contributed by atoms with Gasteiger partial charge in [-0.3, -0.25) is 9.59 Å². The number of amides is 1. The summed E-state index contributed by atoms with van der Waals surface area (Å²) in [7, 11) is 0. The molecule has 1 heterocycles. The number of anilines is 1. The maximum atomic E-state index is 13.2. The predicted octanol–water partition coefficient (Wildman–Crippen LogP) is 2.27. The Morgan fingerprint density at radius 1 is 1.35 bits per heavy atom. The fourth-order valence-electron chi connectivity index (χ4n) is 1.91. The Balaban J connectivity index is 2.04. The molecule has 1 amide bonds. The molecule has 0 saturated carbocycles. The van der Waals surface area contributed by atoms with Crippen LogP contribution in [0.25, 0.3) is 0 Å². The lowest BCUT2D eigenvalue weighted by Crippen LogP contribution is -2.15. The number of hydrogen-bond donors (Lipinski definition) is 1. The highest BCUT2D eigenvalue weighted by Gasteiger charge is 2.19. The molecule has 0 saturated heterocycles. The summed E-state index contributed by atoms with van der Waals surface area (Å²) in [5, 5.41) is 9.76. The van der Waals surface area contributed by atoms with Crippen molar-refractivity contribution in [3.8, 4) is 0 Å². The minimum Gasteiger partial charge on any atom is -0.466 e. The van der Waals surface area contributed by atoms with Crippen molar-refractivity contribution in [3.05, 3.63) is 41.0 Å². The van der Waals surface area contributed by atoms with Gasteiger partial charge < -0.3 is 10.1 Å². The molecule has 1 aromatic carbocycles. The van der Waals surface area contributed by atoms with Crippen molar-refractivity contribution < 1.29 is 23.3 Å². The van der Waals surface area contributed by atoms with Gasteiger partial charge in [0, 0.05) is 12.1 Å². The summed E-state index contributed by atoms with van der Waals surface area (Å²) in [5.41, 5.74) is 1.07. The van der Waals surface area contributed by atoms with E-state index in [1.807, 2.05) is 0 Å². The zero-order valence-electron chi connectivity index (χ0n) is 12.8. The first-order valence-electron chi connectivity index (χ1n) is 7.05. The molecule has 8 heteroatoms. The van der Waals surface area contributed by atoms with Crippen LogP contribution in [0.5, 0.6) is 0 Å². The molecular formula is C15H16FN3O4. The van der Waals surface area contributed by atoms with E-state index in [9.17, 15) is 14.0 Å². The number of halogens is 1. The molecule has 0 unspecified atom stereocenters. The summed E-state index contributed by atoms with van der Waals surface area (Å²) in [6.07, 6.45) is 0.242. The van der Waals surface area contributed by atoms with E-state index >= 15 is 0 Å². The second-order valence-corrected chi connectivity index (χ2v) is 4.78. The molecule has 0 aliphatic heterocycles. The molecule has 0 aliphatic carbocycles. The van der Waals surface area contributed by atoms with E-state index in [-0.39, 0.29) is 36.7 Å². The van der Waals surface area contributed by atoms with Gasteiger partial charge in [0.05, 0.1) is 13.0 Å². The lowest BCUT2D eigenvalue weighted by atomic mass is 10.1. The third-order valence-electron chi connectivity index (χ3n) is 3.06. The number of esters is 1. The number of aromatic nitrogens is 2. The number of benzene rings is 1. The van der Waals surface area contributed by atoms with Gasteiger partial charge in [0.25, 0.3) is 5.91 Å². The predicted molar refractivity (Wildman–Crippen MR) is 78.3 cm³/mol. The Labute approximate surface area is 131 Å². The van der Waals surface area contributed by atoms with Gasteiger partial charge in [0.1, 0.15) is 11.5 Å². The molecule has 23 heavy (non-hydrogen) atoms. The molecule has 2 aromatic rings. The van der Waals surface area contributed by atoms with Gasteiger partial charge in [-0.2, -0.15) is 0 Å². The lowest BCUT2D eigenvalue weighted by molar-refractivity contribution is -0.143. The Kier molecular flexibility index (Phi) is 5.40. The van der Waals surface area contributed by atoms with Crippen LogP contribution in [0.3, 0.4) is 0 Å². The first-order valence-corrected chi connectivity index (χ1v) is 7.05. The maximum absolute atomic E-state index is 13.2. The minimum absolute atomic E-state index is 0.0173. The van der Waals surface area contributed by atoms with Crippen LogP contribution in [-0.4, -0.2) is 28.8 Å². The summed E-state index contributed by atoms with van der Waals surface area (Å²) >= 11 is 0. The van der Waals surface area contributed by atoms with E-state index in [1.54, 1.807) is 13.8 Å². The SMILES string of the molecule is CCOC(=O)CCc1nonc1C(=O)Nc1ccc(F)c(C)c1. The van der Waals surface area contributed by atoms with Crippen LogP contribution in [0.2, 0.25) is 0 Å². The molecule has 2 rings (SSSR count). The number of hydrogen-bond acceptors (Lipinski definition) is 6. The molecule has 0 spiro atoms. The highest BCUT2D eigenvalue weighted by molar-refractivity contribution is 6.03. The van der Waals surface area contributed by atoms with E-state index in [0.717, 1.165) is 0 Å². The minimum atomic E-state index is -0.545. The van der Waals surface area contributed by atoms with Crippen molar-refractivity contribution in [1.29, 1.82) is 0 Å². The van der Waals surface area contributed by atoms with E-state index in [2.05, 4.69) is 20.3 Å². The Morgan fingerprint density at radius 2 is 2.13 bits per heavy atom. The van der Waals surface area contributed by atoms with Crippen molar-refractivity contribution in [2.24, 2.45) is 0 Å². The van der Waals surface area contributed by atoms with Gasteiger partial charge in [-0.1, -0.05) is 5.16 Å². The Morgan fingerprint density at radius 3 is 2.83 bits per heavy atom. The van der Waals surface area contributed by atoms with Gasteiger partial charge >= 0.3 is 5.97 Å². The molecule has 0 atom stereocenters. The smallest absolute Gasteiger partial charge is 0.306 e. The van der Waals surface area contributed by atoms with Gasteiger partial charge in [-0.15, -0.1) is 0 Å². The van der Waals surface area contributed by atoms with Crippen LogP contribution in [0.15, 0.2) is 22.8 Å². The summed E-state index contributed by atoms with van der Waals surface area (Å²) in [6, 6.07) is 4.19. The zero-order chi connectivity index (χ0) is 16.8. The number of carbonyl (C=O) groups is 2. The molecule has 0 fully saturated rings. The topological polar surface area (TPSA) is 94.3 Å². The van der Waals surface area contributed by atoms with E-state index in [1.165, 1.54) is 18.2 Å². The molecule has 0 bridgehead atoms. The fraction of sp³-hybridized carbons (Fsp3) is 0.333. The summed E-state index contributed by atoms with van der Waals surface area (Å²) < 4.78 is 22.6. The number of nitrogens with zero attached hydrogens (tertiary/aromatic N) is 2. The molecule has 7 nitrogen and oxygen atoms in total. The van der Waals surface area contributed by atoms with Crippen LogP contribution >= 0.6 is 0 Å². The maximum Gasteiger partial charge on any atom is 0.306 e. The van der Waals surface area contributed by atoms with Crippen LogP contribution in [0.4, 0.5) is 10.1 Å². The van der Waals surface area contributed by atoms with E-state index < -0.39 is 11.9 Å². The molecule has 1 aromatic heterocycles. The number of aryl methyl sites for hydroxylation is 2. The first-order chi connectivity index (χ1) is 11.0. The van der Waals surface area contributed by atoms with Crippen molar-refractivity contribution >= 4 is 17.6 Å². The quantitative estimate of drug-likeness (QED) is 0.820. The lowest BCUT2D eigenvalue weighted by Gasteiger charge is -2.05. The average Bonchev–Trinajstić information content (AvgIpc) is 2.98. The van der Waals surface area contributed by atoms with E-state index in [4.69, 9.17) is 4.74 Å². The molecular weight excluding hydrogens is 305 g/mol. The van der Waals surface area contributed by atoms with Gasteiger partial charge in [-0.25, -0.2) is 9.02 Å². The zero-order valence-corrected chi connectivity index (χ0v) is 12.8. The fourth-order valence-corrected chi connectivity index (χ4v) is 1.91. The van der Waals surface area contributed by atoms with Crippen molar-refractivity contribution in [2.75, 3.05) is 11.9 Å². The normalized spacial score (nSPS) is 10.4. The largest absolute Gasteiger partial charge is 0.466 e. The van der Waals surface area contributed by atoms with Crippen molar-refractivity contribution in [3.63, 3.8) is 0 Å². The summed E-state index contributed by atoms with van der Waals surface area (Å²) in [5.74, 6) is -1.30. The van der Waals surface area contributed by atoms with Gasteiger partial charge in [-0.05, 0) is 42.8 Å². The molecule has 1 N–H and O–H groups in total. The van der Waals surface area contributed by atoms with Gasteiger partial charge in [0.15, 0.2) is 5.69 Å². The Hall–Kier alpha value is -2.77. The number of carbonyl (C=O) groups excluding carboxylic acids is 2. The average molecular weight is 321 g/mol. The second-order valence-electron chi connectivity index (χ2n) is 4.78.